The summed E-state index contributed by atoms with van der Waals surface area (Å²) in [5, 5.41) is 5.45. The summed E-state index contributed by atoms with van der Waals surface area (Å²) in [5.41, 5.74) is 0.696. The highest BCUT2D eigenvalue weighted by Gasteiger charge is 2.14. The van der Waals surface area contributed by atoms with Crippen molar-refractivity contribution in [2.24, 2.45) is 0 Å². The third-order valence-corrected chi connectivity index (χ3v) is 3.79. The van der Waals surface area contributed by atoms with E-state index in [0.717, 1.165) is 4.47 Å². The lowest BCUT2D eigenvalue weighted by molar-refractivity contribution is -0.119. The van der Waals surface area contributed by atoms with Crippen molar-refractivity contribution in [2.45, 2.75) is 26.4 Å². The molecule has 1 atom stereocenters. The molecule has 0 aliphatic rings. The molecular formula is C15H17BrN4O2. The summed E-state index contributed by atoms with van der Waals surface area (Å²) in [6.45, 7) is 3.57. The third kappa shape index (κ3) is 4.17. The fourth-order valence-corrected chi connectivity index (χ4v) is 2.16. The van der Waals surface area contributed by atoms with Gasteiger partial charge in [-0.1, -0.05) is 15.9 Å². The zero-order valence-corrected chi connectivity index (χ0v) is 13.9. The van der Waals surface area contributed by atoms with E-state index in [0.29, 0.717) is 11.5 Å². The van der Waals surface area contributed by atoms with Gasteiger partial charge in [0.05, 0.1) is 12.6 Å². The number of ketones is 1. The number of halogens is 1. The first-order valence-corrected chi connectivity index (χ1v) is 7.59. The molecule has 0 aliphatic carbocycles. The van der Waals surface area contributed by atoms with Gasteiger partial charge >= 0.3 is 6.03 Å². The fourth-order valence-electron chi connectivity index (χ4n) is 1.90. The fraction of sp³-hybridized carbons (Fsp3) is 0.267. The van der Waals surface area contributed by atoms with Crippen LogP contribution in [0.1, 0.15) is 25.7 Å². The number of nitrogens with one attached hydrogen (secondary N) is 2. The molecule has 2 amide bonds. The smallest absolute Gasteiger partial charge is 0.319 e. The van der Waals surface area contributed by atoms with Gasteiger partial charge in [-0.3, -0.25) is 4.79 Å². The molecule has 0 aliphatic heterocycles. The van der Waals surface area contributed by atoms with Crippen molar-refractivity contribution in [3.05, 3.63) is 47.0 Å². The Labute approximate surface area is 137 Å². The second-order valence-corrected chi connectivity index (χ2v) is 5.77. The predicted octanol–water partition coefficient (Wildman–Crippen LogP) is 3.12. The number of aromatic nitrogens is 2. The number of amides is 2. The zero-order valence-electron chi connectivity index (χ0n) is 12.3. The molecule has 2 N–H and O–H groups in total. The summed E-state index contributed by atoms with van der Waals surface area (Å²) in [4.78, 5) is 27.5. The minimum Gasteiger partial charge on any atom is -0.331 e. The van der Waals surface area contributed by atoms with Gasteiger partial charge in [0.25, 0.3) is 0 Å². The monoisotopic (exact) mass is 364 g/mol. The lowest BCUT2D eigenvalue weighted by Gasteiger charge is -2.14. The highest BCUT2D eigenvalue weighted by Crippen LogP contribution is 2.14. The number of anilines is 1. The van der Waals surface area contributed by atoms with Crippen molar-refractivity contribution in [3.63, 3.8) is 0 Å². The first-order valence-electron chi connectivity index (χ1n) is 6.80. The van der Waals surface area contributed by atoms with E-state index in [9.17, 15) is 9.59 Å². The number of carbonyl (C=O) groups excluding carboxylic acids is 2. The van der Waals surface area contributed by atoms with Gasteiger partial charge in [0.15, 0.2) is 5.78 Å². The number of urea groups is 1. The molecular weight excluding hydrogens is 348 g/mol. The van der Waals surface area contributed by atoms with Crippen LogP contribution in [0, 0.1) is 0 Å². The normalized spacial score (nSPS) is 11.8. The van der Waals surface area contributed by atoms with E-state index in [1.54, 1.807) is 36.0 Å². The van der Waals surface area contributed by atoms with Crippen LogP contribution in [-0.2, 0) is 11.3 Å². The molecule has 1 aromatic carbocycles. The average Bonchev–Trinajstić information content (AvgIpc) is 2.95. The Kier molecular flexibility index (Phi) is 5.32. The maximum atomic E-state index is 11.9. The molecule has 1 heterocycles. The summed E-state index contributed by atoms with van der Waals surface area (Å²) < 4.78 is 2.70. The van der Waals surface area contributed by atoms with E-state index in [1.165, 1.54) is 6.92 Å². The Morgan fingerprint density at radius 3 is 2.64 bits per heavy atom. The molecule has 0 spiro atoms. The molecule has 1 aromatic heterocycles. The molecule has 2 rings (SSSR count). The summed E-state index contributed by atoms with van der Waals surface area (Å²) in [6.07, 6.45) is 3.35. The van der Waals surface area contributed by atoms with Gasteiger partial charge in [-0.25, -0.2) is 9.78 Å². The van der Waals surface area contributed by atoms with Crippen molar-refractivity contribution in [1.82, 2.24) is 14.9 Å². The second kappa shape index (κ2) is 7.22. The molecule has 1 unspecified atom stereocenters. The molecule has 2 aromatic rings. The van der Waals surface area contributed by atoms with Gasteiger partial charge in [0.1, 0.15) is 5.82 Å². The number of rotatable bonds is 5. The van der Waals surface area contributed by atoms with Crippen molar-refractivity contribution in [1.29, 1.82) is 0 Å². The van der Waals surface area contributed by atoms with Crippen LogP contribution in [0.2, 0.25) is 0 Å². The summed E-state index contributed by atoms with van der Waals surface area (Å²) in [7, 11) is 0. The van der Waals surface area contributed by atoms with E-state index in [2.05, 4.69) is 31.5 Å². The maximum absolute atomic E-state index is 11.9. The third-order valence-electron chi connectivity index (χ3n) is 3.26. The van der Waals surface area contributed by atoms with Gasteiger partial charge in [-0.05, 0) is 38.1 Å². The van der Waals surface area contributed by atoms with Crippen LogP contribution in [0.5, 0.6) is 0 Å². The van der Waals surface area contributed by atoms with Crippen LogP contribution >= 0.6 is 15.9 Å². The van der Waals surface area contributed by atoms with Gasteiger partial charge in [0.2, 0.25) is 0 Å². The van der Waals surface area contributed by atoms with Gasteiger partial charge in [0, 0.05) is 22.6 Å². The average molecular weight is 365 g/mol. The molecule has 0 saturated carbocycles. The van der Waals surface area contributed by atoms with E-state index in [1.807, 2.05) is 12.1 Å². The summed E-state index contributed by atoms with van der Waals surface area (Å²) in [5.74, 6) is 0.673. The van der Waals surface area contributed by atoms with Crippen LogP contribution in [0.3, 0.4) is 0 Å². The molecule has 0 bridgehead atoms. The number of hydrogen-bond acceptors (Lipinski definition) is 3. The first-order chi connectivity index (χ1) is 10.5. The van der Waals surface area contributed by atoms with Gasteiger partial charge < -0.3 is 15.2 Å². The Hall–Kier alpha value is -2.15. The van der Waals surface area contributed by atoms with Gasteiger partial charge in [-0.2, -0.15) is 0 Å². The number of hydrogen-bond donors (Lipinski definition) is 2. The molecule has 116 valence electrons. The lowest BCUT2D eigenvalue weighted by Crippen LogP contribution is -2.30. The minimum atomic E-state index is -0.327. The lowest BCUT2D eigenvalue weighted by atomic mass is 10.2. The molecule has 6 nitrogen and oxygen atoms in total. The van der Waals surface area contributed by atoms with Crippen molar-refractivity contribution >= 4 is 33.4 Å². The number of Topliss-reactive ketones (excluding diaryl/α,β-unsaturated/α-hetero) is 1. The van der Waals surface area contributed by atoms with E-state index >= 15 is 0 Å². The minimum absolute atomic E-state index is 0.0403. The van der Waals surface area contributed by atoms with E-state index in [4.69, 9.17) is 0 Å². The highest BCUT2D eigenvalue weighted by molar-refractivity contribution is 9.10. The Morgan fingerprint density at radius 1 is 1.32 bits per heavy atom. The molecule has 7 heteroatoms. The predicted molar refractivity (Wildman–Crippen MR) is 87.6 cm³/mol. The van der Waals surface area contributed by atoms with Crippen molar-refractivity contribution in [2.75, 3.05) is 5.32 Å². The maximum Gasteiger partial charge on any atom is 0.319 e. The molecule has 22 heavy (non-hydrogen) atoms. The van der Waals surface area contributed by atoms with Crippen molar-refractivity contribution < 1.29 is 9.59 Å². The standard InChI is InChI=1S/C15H17BrN4O2/c1-10(11(2)21)20-8-7-17-14(20)9-18-15(22)19-13-5-3-12(16)4-6-13/h3-8,10H,9H2,1-2H3,(H2,18,19,22). The zero-order chi connectivity index (χ0) is 16.1. The van der Waals surface area contributed by atoms with Gasteiger partial charge in [-0.15, -0.1) is 0 Å². The number of carbonyl (C=O) groups is 2. The van der Waals surface area contributed by atoms with Crippen molar-refractivity contribution in [3.8, 4) is 0 Å². The largest absolute Gasteiger partial charge is 0.331 e. The Bertz CT molecular complexity index is 666. The summed E-state index contributed by atoms with van der Waals surface area (Å²) >= 11 is 3.33. The topological polar surface area (TPSA) is 76.0 Å². The number of benzene rings is 1. The molecule has 0 radical (unpaired) electrons. The highest BCUT2D eigenvalue weighted by atomic mass is 79.9. The summed E-state index contributed by atoms with van der Waals surface area (Å²) in [6, 6.07) is 6.65. The number of imidazole rings is 1. The van der Waals surface area contributed by atoms with Crippen LogP contribution in [0.15, 0.2) is 41.1 Å². The van der Waals surface area contributed by atoms with E-state index < -0.39 is 0 Å². The second-order valence-electron chi connectivity index (χ2n) is 4.85. The Balaban J connectivity index is 1.93. The SMILES string of the molecule is CC(=O)C(C)n1ccnc1CNC(=O)Nc1ccc(Br)cc1. The number of nitrogens with zero attached hydrogens (tertiary/aromatic N) is 2. The van der Waals surface area contributed by atoms with Crippen LogP contribution < -0.4 is 10.6 Å². The van der Waals surface area contributed by atoms with Crippen LogP contribution in [-0.4, -0.2) is 21.4 Å². The first kappa shape index (κ1) is 16.2. The molecule has 0 fully saturated rings. The van der Waals surface area contributed by atoms with E-state index in [-0.39, 0.29) is 24.4 Å². The van der Waals surface area contributed by atoms with Crippen LogP contribution in [0.4, 0.5) is 10.5 Å². The van der Waals surface area contributed by atoms with Crippen LogP contribution in [0.25, 0.3) is 0 Å². The quantitative estimate of drug-likeness (QED) is 0.855. The Morgan fingerprint density at radius 2 is 2.00 bits per heavy atom. The molecule has 0 saturated heterocycles.